The molecule has 1 aromatic rings. The Morgan fingerprint density at radius 1 is 1.55 bits per heavy atom. The number of nitrogens with one attached hydrogen (secondary N) is 1. The number of carboxylic acids is 1. The first-order chi connectivity index (χ1) is 9.47. The summed E-state index contributed by atoms with van der Waals surface area (Å²) in [5, 5.41) is 12.2. The van der Waals surface area contributed by atoms with Gasteiger partial charge in [0.2, 0.25) is 0 Å². The number of hydrogen-bond donors (Lipinski definition) is 2. The van der Waals surface area contributed by atoms with Crippen molar-refractivity contribution in [3.63, 3.8) is 0 Å². The van der Waals surface area contributed by atoms with Gasteiger partial charge in [-0.3, -0.25) is 10.1 Å². The second-order valence-corrected chi connectivity index (χ2v) is 5.31. The number of urea groups is 1. The zero-order valence-electron chi connectivity index (χ0n) is 11.1. The van der Waals surface area contributed by atoms with E-state index in [4.69, 9.17) is 16.7 Å². The van der Waals surface area contributed by atoms with Crippen molar-refractivity contribution in [2.75, 3.05) is 18.4 Å². The van der Waals surface area contributed by atoms with Gasteiger partial charge in [0, 0.05) is 19.3 Å². The molecular formula is C13H16ClN3O3. The molecule has 1 unspecified atom stereocenters. The normalized spacial score (nSPS) is 18.7. The summed E-state index contributed by atoms with van der Waals surface area (Å²) in [6.45, 7) is 2.58. The summed E-state index contributed by atoms with van der Waals surface area (Å²) in [6.07, 6.45) is 2.76. The summed E-state index contributed by atoms with van der Waals surface area (Å²) >= 11 is 5.81. The molecule has 2 N–H and O–H groups in total. The van der Waals surface area contributed by atoms with Crippen LogP contribution in [-0.2, 0) is 4.79 Å². The maximum atomic E-state index is 12.1. The molecule has 1 fully saturated rings. The van der Waals surface area contributed by atoms with Gasteiger partial charge in [-0.05, 0) is 31.4 Å². The Morgan fingerprint density at radius 3 is 2.95 bits per heavy atom. The lowest BCUT2D eigenvalue weighted by Gasteiger charge is -2.30. The smallest absolute Gasteiger partial charge is 0.323 e. The highest BCUT2D eigenvalue weighted by Crippen LogP contribution is 2.19. The highest BCUT2D eigenvalue weighted by molar-refractivity contribution is 6.30. The number of halogens is 1. The zero-order chi connectivity index (χ0) is 14.7. The summed E-state index contributed by atoms with van der Waals surface area (Å²) in [5.74, 6) is -0.908. The summed E-state index contributed by atoms with van der Waals surface area (Å²) in [7, 11) is 0. The largest absolute Gasteiger partial charge is 0.481 e. The van der Waals surface area contributed by atoms with Gasteiger partial charge in [-0.15, -0.1) is 0 Å². The van der Waals surface area contributed by atoms with Gasteiger partial charge in [0.15, 0.2) is 0 Å². The number of amides is 2. The van der Waals surface area contributed by atoms with E-state index in [1.54, 1.807) is 13.0 Å². The van der Waals surface area contributed by atoms with Crippen LogP contribution in [0.5, 0.6) is 0 Å². The number of hydrogen-bond acceptors (Lipinski definition) is 3. The van der Waals surface area contributed by atoms with E-state index in [0.717, 1.165) is 5.56 Å². The molecule has 0 aliphatic carbocycles. The van der Waals surface area contributed by atoms with Crippen molar-refractivity contribution in [1.29, 1.82) is 0 Å². The van der Waals surface area contributed by atoms with Crippen LogP contribution >= 0.6 is 11.6 Å². The first kappa shape index (κ1) is 14.6. The minimum absolute atomic E-state index is 0.230. The number of carbonyl (C=O) groups is 2. The summed E-state index contributed by atoms with van der Waals surface area (Å²) < 4.78 is 0. The Hall–Kier alpha value is -1.82. The van der Waals surface area contributed by atoms with Crippen molar-refractivity contribution in [2.24, 2.45) is 5.92 Å². The van der Waals surface area contributed by atoms with E-state index in [-0.39, 0.29) is 12.6 Å². The monoisotopic (exact) mass is 297 g/mol. The molecule has 0 bridgehead atoms. The molecule has 108 valence electrons. The van der Waals surface area contributed by atoms with Crippen molar-refractivity contribution in [2.45, 2.75) is 19.8 Å². The highest BCUT2D eigenvalue weighted by atomic mass is 35.5. The second kappa shape index (κ2) is 6.09. The third-order valence-electron chi connectivity index (χ3n) is 3.33. The lowest BCUT2D eigenvalue weighted by atomic mass is 9.99. The molecule has 1 aromatic heterocycles. The van der Waals surface area contributed by atoms with Gasteiger partial charge >= 0.3 is 12.0 Å². The molecule has 20 heavy (non-hydrogen) atoms. The van der Waals surface area contributed by atoms with E-state index in [1.165, 1.54) is 11.1 Å². The van der Waals surface area contributed by atoms with Crippen LogP contribution in [0.1, 0.15) is 18.4 Å². The SMILES string of the molecule is Cc1cc(Cl)cnc1NC(=O)N1CCCC(C(=O)O)C1. The number of aromatic nitrogens is 1. The molecule has 2 amide bonds. The molecule has 0 aromatic carbocycles. The van der Waals surface area contributed by atoms with Crippen molar-refractivity contribution in [3.8, 4) is 0 Å². The topological polar surface area (TPSA) is 82.5 Å². The molecule has 1 atom stereocenters. The van der Waals surface area contributed by atoms with E-state index in [1.807, 2.05) is 0 Å². The number of piperidine rings is 1. The van der Waals surface area contributed by atoms with Crippen LogP contribution in [-0.4, -0.2) is 40.1 Å². The van der Waals surface area contributed by atoms with Gasteiger partial charge in [-0.25, -0.2) is 9.78 Å². The number of aliphatic carboxylic acids is 1. The van der Waals surface area contributed by atoms with E-state index < -0.39 is 11.9 Å². The van der Waals surface area contributed by atoms with Crippen LogP contribution < -0.4 is 5.32 Å². The van der Waals surface area contributed by atoms with E-state index in [9.17, 15) is 9.59 Å². The van der Waals surface area contributed by atoms with E-state index in [0.29, 0.717) is 30.2 Å². The third kappa shape index (κ3) is 3.39. The van der Waals surface area contributed by atoms with Crippen LogP contribution in [0, 0.1) is 12.8 Å². The standard InChI is InChI=1S/C13H16ClN3O3/c1-8-5-10(14)6-15-11(8)16-13(20)17-4-2-3-9(7-17)12(18)19/h5-6,9H,2-4,7H2,1H3,(H,18,19)(H,15,16,20). The predicted molar refractivity (Wildman–Crippen MR) is 74.9 cm³/mol. The Bertz CT molecular complexity index is 536. The maximum Gasteiger partial charge on any atom is 0.323 e. The first-order valence-corrected chi connectivity index (χ1v) is 6.76. The molecule has 6 nitrogen and oxygen atoms in total. The summed E-state index contributed by atoms with van der Waals surface area (Å²) in [6, 6.07) is 1.38. The van der Waals surface area contributed by atoms with Gasteiger partial charge in [-0.1, -0.05) is 11.6 Å². The van der Waals surface area contributed by atoms with Crippen LogP contribution in [0.3, 0.4) is 0 Å². The number of likely N-dealkylation sites (tertiary alicyclic amines) is 1. The molecule has 1 saturated heterocycles. The number of anilines is 1. The molecule has 1 aliphatic rings. The van der Waals surface area contributed by atoms with Crippen LogP contribution in [0.25, 0.3) is 0 Å². The molecule has 0 radical (unpaired) electrons. The van der Waals surface area contributed by atoms with Crippen molar-refractivity contribution < 1.29 is 14.7 Å². The lowest BCUT2D eigenvalue weighted by Crippen LogP contribution is -2.44. The molecule has 0 spiro atoms. The Labute approximate surface area is 121 Å². The number of nitrogens with zero attached hydrogens (tertiary/aromatic N) is 2. The van der Waals surface area contributed by atoms with Crippen molar-refractivity contribution in [1.82, 2.24) is 9.88 Å². The average Bonchev–Trinajstić information content (AvgIpc) is 2.42. The third-order valence-corrected chi connectivity index (χ3v) is 3.53. The van der Waals surface area contributed by atoms with Gasteiger partial charge in [0.25, 0.3) is 0 Å². The summed E-state index contributed by atoms with van der Waals surface area (Å²) in [5.41, 5.74) is 0.762. The quantitative estimate of drug-likeness (QED) is 0.878. The molecule has 2 rings (SSSR count). The second-order valence-electron chi connectivity index (χ2n) is 4.87. The highest BCUT2D eigenvalue weighted by Gasteiger charge is 2.28. The van der Waals surface area contributed by atoms with Crippen LogP contribution in [0.15, 0.2) is 12.3 Å². The Morgan fingerprint density at radius 2 is 2.30 bits per heavy atom. The lowest BCUT2D eigenvalue weighted by molar-refractivity contribution is -0.143. The fourth-order valence-corrected chi connectivity index (χ4v) is 2.43. The van der Waals surface area contributed by atoms with Crippen molar-refractivity contribution >= 4 is 29.4 Å². The van der Waals surface area contributed by atoms with E-state index >= 15 is 0 Å². The van der Waals surface area contributed by atoms with Gasteiger partial charge in [0.1, 0.15) is 5.82 Å². The van der Waals surface area contributed by atoms with Gasteiger partial charge in [0.05, 0.1) is 10.9 Å². The van der Waals surface area contributed by atoms with Gasteiger partial charge in [-0.2, -0.15) is 0 Å². The fraction of sp³-hybridized carbons (Fsp3) is 0.462. The number of aryl methyl sites for hydroxylation is 1. The maximum absolute atomic E-state index is 12.1. The molecular weight excluding hydrogens is 282 g/mol. The van der Waals surface area contributed by atoms with E-state index in [2.05, 4.69) is 10.3 Å². The number of carboxylic acid groups (broad SMARTS) is 1. The van der Waals surface area contributed by atoms with Crippen LogP contribution in [0.4, 0.5) is 10.6 Å². The molecule has 0 saturated carbocycles. The number of rotatable bonds is 2. The Balaban J connectivity index is 2.02. The Kier molecular flexibility index (Phi) is 4.44. The van der Waals surface area contributed by atoms with Gasteiger partial charge < -0.3 is 10.0 Å². The predicted octanol–water partition coefficient (Wildman–Crippen LogP) is 2.37. The zero-order valence-corrected chi connectivity index (χ0v) is 11.9. The fourth-order valence-electron chi connectivity index (χ4n) is 2.21. The first-order valence-electron chi connectivity index (χ1n) is 6.38. The minimum atomic E-state index is -0.858. The summed E-state index contributed by atoms with van der Waals surface area (Å²) in [4.78, 5) is 28.7. The molecule has 7 heteroatoms. The van der Waals surface area contributed by atoms with Crippen LogP contribution in [0.2, 0.25) is 5.02 Å². The van der Waals surface area contributed by atoms with Crippen molar-refractivity contribution in [3.05, 3.63) is 22.8 Å². The minimum Gasteiger partial charge on any atom is -0.481 e. The molecule has 1 aliphatic heterocycles. The number of carbonyl (C=O) groups excluding carboxylic acids is 1. The average molecular weight is 298 g/mol. The number of pyridine rings is 1. The molecule has 2 heterocycles.